The number of nitrogens with zero attached hydrogens (tertiary/aromatic N) is 2. The van der Waals surface area contributed by atoms with E-state index in [-0.39, 0.29) is 30.2 Å². The molecule has 1 saturated heterocycles. The summed E-state index contributed by atoms with van der Waals surface area (Å²) in [7, 11) is 0. The molecule has 1 N–H and O–H groups in total. The molecule has 0 saturated carbocycles. The van der Waals surface area contributed by atoms with Crippen LogP contribution in [0.25, 0.3) is 0 Å². The van der Waals surface area contributed by atoms with Crippen LogP contribution in [0.3, 0.4) is 0 Å². The molecule has 34 heavy (non-hydrogen) atoms. The number of carbonyl (C=O) groups is 3. The third kappa shape index (κ3) is 7.61. The molecule has 1 heterocycles. The van der Waals surface area contributed by atoms with Gasteiger partial charge in [-0.1, -0.05) is 48.0 Å². The molecule has 1 atom stereocenters. The smallest absolute Gasteiger partial charge is 0.321 e. The number of aryl methyl sites for hydroxylation is 1. The number of carbonyl (C=O) groups excluding carboxylic acids is 3. The quantitative estimate of drug-likeness (QED) is 0.561. The number of nitrogens with one attached hydrogen (secondary N) is 1. The summed E-state index contributed by atoms with van der Waals surface area (Å²) < 4.78 is 5.14. The van der Waals surface area contributed by atoms with Crippen molar-refractivity contribution < 1.29 is 19.1 Å². The molecule has 3 amide bonds. The second-order valence-corrected chi connectivity index (χ2v) is 8.70. The molecule has 1 aliphatic rings. The first-order chi connectivity index (χ1) is 16.5. The molecule has 3 rings (SSSR count). The highest BCUT2D eigenvalue weighted by Gasteiger charge is 2.29. The van der Waals surface area contributed by atoms with E-state index in [4.69, 9.17) is 4.74 Å². The molecule has 0 radical (unpaired) electrons. The van der Waals surface area contributed by atoms with Crippen molar-refractivity contribution in [3.05, 3.63) is 65.7 Å². The molecule has 1 fully saturated rings. The van der Waals surface area contributed by atoms with Crippen molar-refractivity contribution in [2.75, 3.05) is 38.1 Å². The van der Waals surface area contributed by atoms with Crippen molar-refractivity contribution in [3.63, 3.8) is 0 Å². The van der Waals surface area contributed by atoms with Crippen LogP contribution in [0.5, 0.6) is 0 Å². The molecule has 0 spiro atoms. The first-order valence-electron chi connectivity index (χ1n) is 12.1. The average molecular weight is 466 g/mol. The van der Waals surface area contributed by atoms with E-state index in [1.54, 1.807) is 16.7 Å². The highest BCUT2D eigenvalue weighted by atomic mass is 16.5. The maximum atomic E-state index is 13.0. The van der Waals surface area contributed by atoms with E-state index in [0.29, 0.717) is 39.2 Å². The van der Waals surface area contributed by atoms with Crippen molar-refractivity contribution in [2.45, 2.75) is 39.5 Å². The Morgan fingerprint density at radius 3 is 2.50 bits per heavy atom. The lowest BCUT2D eigenvalue weighted by molar-refractivity contribution is -0.151. The molecule has 2 aromatic carbocycles. The zero-order valence-electron chi connectivity index (χ0n) is 20.2. The Hall–Kier alpha value is -3.35. The molecule has 0 aromatic heterocycles. The largest absolute Gasteiger partial charge is 0.466 e. The van der Waals surface area contributed by atoms with Crippen molar-refractivity contribution in [1.82, 2.24) is 9.80 Å². The van der Waals surface area contributed by atoms with Crippen molar-refractivity contribution in [3.8, 4) is 0 Å². The number of esters is 1. The monoisotopic (exact) mass is 465 g/mol. The predicted molar refractivity (Wildman–Crippen MR) is 132 cm³/mol. The highest BCUT2D eigenvalue weighted by Crippen LogP contribution is 2.19. The maximum Gasteiger partial charge on any atom is 0.321 e. The lowest BCUT2D eigenvalue weighted by Gasteiger charge is -2.32. The van der Waals surface area contributed by atoms with E-state index in [2.05, 4.69) is 5.32 Å². The van der Waals surface area contributed by atoms with E-state index in [0.717, 1.165) is 29.7 Å². The minimum Gasteiger partial charge on any atom is -0.466 e. The third-order valence-corrected chi connectivity index (χ3v) is 6.09. The summed E-state index contributed by atoms with van der Waals surface area (Å²) in [5, 5.41) is 2.95. The fourth-order valence-corrected chi connectivity index (χ4v) is 4.11. The van der Waals surface area contributed by atoms with Gasteiger partial charge in [0.05, 0.1) is 12.5 Å². The fourth-order valence-electron chi connectivity index (χ4n) is 4.11. The molecule has 1 unspecified atom stereocenters. The van der Waals surface area contributed by atoms with Gasteiger partial charge in [-0.2, -0.15) is 0 Å². The molecule has 182 valence electrons. The number of likely N-dealkylation sites (tertiary alicyclic amines) is 1. The Bertz CT molecular complexity index is 946. The van der Waals surface area contributed by atoms with Gasteiger partial charge in [0.2, 0.25) is 5.91 Å². The standard InChI is InChI=1S/C27H35N3O4/c1-3-34-26(32)23-10-7-17-30(20-23)25(31)16-19-29(18-15-22-8-5-4-6-9-22)27(33)28-24-13-11-21(2)12-14-24/h4-6,8-9,11-14,23H,3,7,10,15-20H2,1-2H3,(H,28,33). The third-order valence-electron chi connectivity index (χ3n) is 6.09. The minimum absolute atomic E-state index is 0.0400. The van der Waals surface area contributed by atoms with Crippen LogP contribution < -0.4 is 5.32 Å². The van der Waals surface area contributed by atoms with Gasteiger partial charge in [-0.25, -0.2) is 4.79 Å². The lowest BCUT2D eigenvalue weighted by atomic mass is 9.98. The number of hydrogen-bond acceptors (Lipinski definition) is 4. The lowest BCUT2D eigenvalue weighted by Crippen LogP contribution is -2.44. The van der Waals surface area contributed by atoms with Crippen molar-refractivity contribution >= 4 is 23.6 Å². The van der Waals surface area contributed by atoms with Crippen molar-refractivity contribution in [2.24, 2.45) is 5.92 Å². The van der Waals surface area contributed by atoms with Gasteiger partial charge in [0, 0.05) is 38.3 Å². The van der Waals surface area contributed by atoms with Gasteiger partial charge in [0.15, 0.2) is 0 Å². The number of hydrogen-bond donors (Lipinski definition) is 1. The number of urea groups is 1. The van der Waals surface area contributed by atoms with Crippen molar-refractivity contribution in [1.29, 1.82) is 0 Å². The van der Waals surface area contributed by atoms with Crippen LogP contribution in [-0.4, -0.2) is 60.5 Å². The number of rotatable bonds is 9. The van der Waals surface area contributed by atoms with Crippen LogP contribution >= 0.6 is 0 Å². The van der Waals surface area contributed by atoms with Gasteiger partial charge in [-0.05, 0) is 50.8 Å². The van der Waals surface area contributed by atoms with Crippen LogP contribution in [-0.2, 0) is 20.7 Å². The first-order valence-corrected chi connectivity index (χ1v) is 12.1. The molecule has 7 heteroatoms. The summed E-state index contributed by atoms with van der Waals surface area (Å²) >= 11 is 0. The fraction of sp³-hybridized carbons (Fsp3) is 0.444. The molecule has 0 bridgehead atoms. The maximum absolute atomic E-state index is 13.0. The Kier molecular flexibility index (Phi) is 9.50. The summed E-state index contributed by atoms with van der Waals surface area (Å²) in [6.07, 6.45) is 2.43. The predicted octanol–water partition coefficient (Wildman–Crippen LogP) is 4.26. The van der Waals surface area contributed by atoms with Gasteiger partial charge in [0.1, 0.15) is 0 Å². The zero-order valence-corrected chi connectivity index (χ0v) is 20.2. The minimum atomic E-state index is -0.267. The molecular weight excluding hydrogens is 430 g/mol. The number of benzene rings is 2. The first kappa shape index (κ1) is 25.3. The summed E-state index contributed by atoms with van der Waals surface area (Å²) in [5.41, 5.74) is 2.97. The summed E-state index contributed by atoms with van der Waals surface area (Å²) in [6, 6.07) is 17.4. The van der Waals surface area contributed by atoms with Gasteiger partial charge in [0.25, 0.3) is 0 Å². The van der Waals surface area contributed by atoms with E-state index < -0.39 is 0 Å². The number of anilines is 1. The van der Waals surface area contributed by atoms with Gasteiger partial charge in [-0.3, -0.25) is 9.59 Å². The second kappa shape index (κ2) is 12.8. The second-order valence-electron chi connectivity index (χ2n) is 8.70. The van der Waals surface area contributed by atoms with E-state index in [1.807, 2.05) is 61.5 Å². The Labute approximate surface area is 202 Å². The summed E-state index contributed by atoms with van der Waals surface area (Å²) in [5.74, 6) is -0.541. The molecule has 2 aromatic rings. The van der Waals surface area contributed by atoms with E-state index in [9.17, 15) is 14.4 Å². The van der Waals surface area contributed by atoms with Gasteiger partial charge < -0.3 is 19.9 Å². The highest BCUT2D eigenvalue weighted by molar-refractivity contribution is 5.89. The Morgan fingerprint density at radius 1 is 1.06 bits per heavy atom. The summed E-state index contributed by atoms with van der Waals surface area (Å²) in [6.45, 7) is 5.96. The number of amides is 3. The Balaban J connectivity index is 1.60. The molecule has 7 nitrogen and oxygen atoms in total. The van der Waals surface area contributed by atoms with Crippen LogP contribution in [0.1, 0.15) is 37.3 Å². The zero-order chi connectivity index (χ0) is 24.3. The van der Waals surface area contributed by atoms with Crippen LogP contribution in [0.15, 0.2) is 54.6 Å². The topological polar surface area (TPSA) is 79.0 Å². The SMILES string of the molecule is CCOC(=O)C1CCCN(C(=O)CCN(CCc2ccccc2)C(=O)Nc2ccc(C)cc2)C1. The Morgan fingerprint density at radius 2 is 1.79 bits per heavy atom. The average Bonchev–Trinajstić information content (AvgIpc) is 2.86. The number of piperidine rings is 1. The van der Waals surface area contributed by atoms with E-state index in [1.165, 1.54) is 0 Å². The summed E-state index contributed by atoms with van der Waals surface area (Å²) in [4.78, 5) is 41.5. The van der Waals surface area contributed by atoms with Crippen LogP contribution in [0.2, 0.25) is 0 Å². The van der Waals surface area contributed by atoms with Crippen LogP contribution in [0, 0.1) is 12.8 Å². The normalized spacial score (nSPS) is 15.5. The van der Waals surface area contributed by atoms with Gasteiger partial charge >= 0.3 is 12.0 Å². The van der Waals surface area contributed by atoms with E-state index >= 15 is 0 Å². The number of ether oxygens (including phenoxy) is 1. The van der Waals surface area contributed by atoms with Gasteiger partial charge in [-0.15, -0.1) is 0 Å². The van der Waals surface area contributed by atoms with Crippen LogP contribution in [0.4, 0.5) is 10.5 Å². The molecule has 0 aliphatic carbocycles. The molecule has 1 aliphatic heterocycles. The molecular formula is C27H35N3O4.